The molecule has 0 radical (unpaired) electrons. The van der Waals surface area contributed by atoms with Crippen LogP contribution in [0.25, 0.3) is 0 Å². The minimum Gasteiger partial charge on any atom is -0.341 e. The van der Waals surface area contributed by atoms with Crippen LogP contribution in [0.4, 0.5) is 0 Å². The molecule has 0 N–H and O–H groups in total. The number of likely N-dealkylation sites (N-methyl/N-ethyl adjacent to an activating group) is 1. The summed E-state index contributed by atoms with van der Waals surface area (Å²) >= 11 is 6.02. The van der Waals surface area contributed by atoms with E-state index in [4.69, 9.17) is 11.6 Å². The van der Waals surface area contributed by atoms with E-state index in [1.807, 2.05) is 24.3 Å². The SMILES string of the molecule is CN(CCc1ccncc1)C(=O)c1ccccc1Cl. The molecule has 1 amide bonds. The Morgan fingerprint density at radius 1 is 1.21 bits per heavy atom. The highest BCUT2D eigenvalue weighted by Gasteiger charge is 2.14. The van der Waals surface area contributed by atoms with Crippen molar-refractivity contribution in [2.45, 2.75) is 6.42 Å². The van der Waals surface area contributed by atoms with E-state index in [2.05, 4.69) is 4.98 Å². The van der Waals surface area contributed by atoms with Gasteiger partial charge in [-0.2, -0.15) is 0 Å². The Morgan fingerprint density at radius 3 is 2.58 bits per heavy atom. The van der Waals surface area contributed by atoms with Crippen LogP contribution in [0.2, 0.25) is 5.02 Å². The first-order chi connectivity index (χ1) is 9.18. The Labute approximate surface area is 117 Å². The summed E-state index contributed by atoms with van der Waals surface area (Å²) in [6, 6.07) is 11.0. The summed E-state index contributed by atoms with van der Waals surface area (Å²) in [5.41, 5.74) is 1.70. The molecule has 2 rings (SSSR count). The average Bonchev–Trinajstić information content (AvgIpc) is 2.45. The summed E-state index contributed by atoms with van der Waals surface area (Å²) in [5.74, 6) is -0.0559. The molecule has 0 aliphatic rings. The van der Waals surface area contributed by atoms with Gasteiger partial charge in [-0.25, -0.2) is 0 Å². The lowest BCUT2D eigenvalue weighted by atomic mass is 10.1. The molecule has 0 bridgehead atoms. The number of hydrogen-bond acceptors (Lipinski definition) is 2. The van der Waals surface area contributed by atoms with E-state index >= 15 is 0 Å². The number of aromatic nitrogens is 1. The van der Waals surface area contributed by atoms with Crippen molar-refractivity contribution < 1.29 is 4.79 Å². The van der Waals surface area contributed by atoms with Crippen molar-refractivity contribution in [3.05, 3.63) is 64.9 Å². The zero-order chi connectivity index (χ0) is 13.7. The number of hydrogen-bond donors (Lipinski definition) is 0. The van der Waals surface area contributed by atoms with Crippen molar-refractivity contribution in [3.63, 3.8) is 0 Å². The quantitative estimate of drug-likeness (QED) is 0.859. The van der Waals surface area contributed by atoms with Gasteiger partial charge in [0, 0.05) is 26.0 Å². The van der Waals surface area contributed by atoms with Gasteiger partial charge in [-0.1, -0.05) is 23.7 Å². The highest BCUT2D eigenvalue weighted by Crippen LogP contribution is 2.16. The Hall–Kier alpha value is -1.87. The lowest BCUT2D eigenvalue weighted by Crippen LogP contribution is -2.29. The standard InChI is InChI=1S/C15H15ClN2O/c1-18(11-8-12-6-9-17-10-7-12)15(19)13-4-2-3-5-14(13)16/h2-7,9-10H,8,11H2,1H3. The Balaban J connectivity index is 1.99. The van der Waals surface area contributed by atoms with E-state index in [9.17, 15) is 4.79 Å². The fraction of sp³-hybridized carbons (Fsp3) is 0.200. The topological polar surface area (TPSA) is 33.2 Å². The molecule has 1 aromatic heterocycles. The van der Waals surface area contributed by atoms with Crippen LogP contribution in [0, 0.1) is 0 Å². The summed E-state index contributed by atoms with van der Waals surface area (Å²) in [7, 11) is 1.78. The van der Waals surface area contributed by atoms with Crippen molar-refractivity contribution in [2.24, 2.45) is 0 Å². The van der Waals surface area contributed by atoms with E-state index < -0.39 is 0 Å². The minimum absolute atomic E-state index is 0.0559. The molecule has 1 heterocycles. The number of halogens is 1. The molecule has 0 saturated carbocycles. The highest BCUT2D eigenvalue weighted by atomic mass is 35.5. The number of carbonyl (C=O) groups excluding carboxylic acids is 1. The number of benzene rings is 1. The van der Waals surface area contributed by atoms with Gasteiger partial charge < -0.3 is 4.90 Å². The molecule has 0 spiro atoms. The van der Waals surface area contributed by atoms with Crippen molar-refractivity contribution >= 4 is 17.5 Å². The Kier molecular flexibility index (Phi) is 4.53. The van der Waals surface area contributed by atoms with Crippen LogP contribution >= 0.6 is 11.6 Å². The van der Waals surface area contributed by atoms with E-state index in [1.54, 1.807) is 36.5 Å². The molecule has 0 fully saturated rings. The second-order valence-electron chi connectivity index (χ2n) is 4.31. The molecule has 0 atom stereocenters. The molecule has 0 aliphatic carbocycles. The largest absolute Gasteiger partial charge is 0.341 e. The van der Waals surface area contributed by atoms with E-state index in [1.165, 1.54) is 0 Å². The second-order valence-corrected chi connectivity index (χ2v) is 4.72. The normalized spacial score (nSPS) is 10.2. The van der Waals surface area contributed by atoms with Gasteiger partial charge in [-0.05, 0) is 36.2 Å². The van der Waals surface area contributed by atoms with Gasteiger partial charge in [0.05, 0.1) is 10.6 Å². The van der Waals surface area contributed by atoms with Crippen LogP contribution < -0.4 is 0 Å². The molecule has 0 unspecified atom stereocenters. The number of pyridine rings is 1. The van der Waals surface area contributed by atoms with Crippen LogP contribution in [0.15, 0.2) is 48.8 Å². The first-order valence-electron chi connectivity index (χ1n) is 6.07. The van der Waals surface area contributed by atoms with Crippen molar-refractivity contribution in [2.75, 3.05) is 13.6 Å². The first kappa shape index (κ1) is 13.6. The van der Waals surface area contributed by atoms with Gasteiger partial charge in [-0.15, -0.1) is 0 Å². The molecule has 1 aromatic carbocycles. The first-order valence-corrected chi connectivity index (χ1v) is 6.45. The van der Waals surface area contributed by atoms with Crippen LogP contribution in [0.1, 0.15) is 15.9 Å². The zero-order valence-electron chi connectivity index (χ0n) is 10.7. The number of rotatable bonds is 4. The van der Waals surface area contributed by atoms with Gasteiger partial charge in [0.15, 0.2) is 0 Å². The van der Waals surface area contributed by atoms with Gasteiger partial charge in [-0.3, -0.25) is 9.78 Å². The van der Waals surface area contributed by atoms with E-state index in [-0.39, 0.29) is 5.91 Å². The summed E-state index contributed by atoms with van der Waals surface area (Å²) in [5, 5.41) is 0.489. The average molecular weight is 275 g/mol. The molecule has 4 heteroatoms. The van der Waals surface area contributed by atoms with Gasteiger partial charge in [0.25, 0.3) is 5.91 Å². The van der Waals surface area contributed by atoms with Crippen LogP contribution in [-0.2, 0) is 6.42 Å². The molecular formula is C15H15ClN2O. The molecule has 0 saturated heterocycles. The summed E-state index contributed by atoms with van der Waals surface area (Å²) < 4.78 is 0. The number of carbonyl (C=O) groups is 1. The molecule has 2 aromatic rings. The lowest BCUT2D eigenvalue weighted by molar-refractivity contribution is 0.0797. The zero-order valence-corrected chi connectivity index (χ0v) is 11.5. The molecule has 19 heavy (non-hydrogen) atoms. The van der Waals surface area contributed by atoms with Gasteiger partial charge in [0.1, 0.15) is 0 Å². The predicted octanol–water partition coefficient (Wildman–Crippen LogP) is 3.05. The number of amides is 1. The summed E-state index contributed by atoms with van der Waals surface area (Å²) in [4.78, 5) is 17.9. The Bertz CT molecular complexity index is 557. The van der Waals surface area contributed by atoms with Crippen LogP contribution in [0.5, 0.6) is 0 Å². The smallest absolute Gasteiger partial charge is 0.255 e. The molecule has 0 aliphatic heterocycles. The van der Waals surface area contributed by atoms with Crippen LogP contribution in [0.3, 0.4) is 0 Å². The van der Waals surface area contributed by atoms with Crippen molar-refractivity contribution in [1.82, 2.24) is 9.88 Å². The highest BCUT2D eigenvalue weighted by molar-refractivity contribution is 6.33. The van der Waals surface area contributed by atoms with Crippen LogP contribution in [-0.4, -0.2) is 29.4 Å². The monoisotopic (exact) mass is 274 g/mol. The third kappa shape index (κ3) is 3.55. The maximum Gasteiger partial charge on any atom is 0.255 e. The number of nitrogens with zero attached hydrogens (tertiary/aromatic N) is 2. The molecular weight excluding hydrogens is 260 g/mol. The van der Waals surface area contributed by atoms with Gasteiger partial charge >= 0.3 is 0 Å². The van der Waals surface area contributed by atoms with Gasteiger partial charge in [0.2, 0.25) is 0 Å². The van der Waals surface area contributed by atoms with E-state index in [0.29, 0.717) is 17.1 Å². The third-order valence-corrected chi connectivity index (χ3v) is 3.27. The third-order valence-electron chi connectivity index (χ3n) is 2.94. The lowest BCUT2D eigenvalue weighted by Gasteiger charge is -2.17. The maximum atomic E-state index is 12.2. The molecule has 98 valence electrons. The van der Waals surface area contributed by atoms with Crippen molar-refractivity contribution in [3.8, 4) is 0 Å². The van der Waals surface area contributed by atoms with Crippen molar-refractivity contribution in [1.29, 1.82) is 0 Å². The van der Waals surface area contributed by atoms with E-state index in [0.717, 1.165) is 12.0 Å². The summed E-state index contributed by atoms with van der Waals surface area (Å²) in [6.45, 7) is 0.647. The maximum absolute atomic E-state index is 12.2. The second kappa shape index (κ2) is 6.34. The molecule has 3 nitrogen and oxygen atoms in total. The minimum atomic E-state index is -0.0559. The fourth-order valence-corrected chi connectivity index (χ4v) is 2.00. The summed E-state index contributed by atoms with van der Waals surface area (Å²) in [6.07, 6.45) is 4.31. The fourth-order valence-electron chi connectivity index (χ4n) is 1.79. The predicted molar refractivity (Wildman–Crippen MR) is 76.4 cm³/mol. The Morgan fingerprint density at radius 2 is 1.89 bits per heavy atom.